The van der Waals surface area contributed by atoms with Crippen LogP contribution in [0.2, 0.25) is 0 Å². The maximum absolute atomic E-state index is 13.2. The van der Waals surface area contributed by atoms with Crippen molar-refractivity contribution in [2.75, 3.05) is 19.0 Å². The standard InChI is InChI=1S/C21H24FN3O2/c1-13-8-19(22)6-7-20(13)24-21(26)18(11-23)10-17-9-14(2)25(16(17)4)15(3)12-27-5/h6-10,15H,12H2,1-5H3,(H,24,26)/b18-10+. The van der Waals surface area contributed by atoms with E-state index in [2.05, 4.69) is 9.88 Å². The third kappa shape index (κ3) is 4.63. The van der Waals surface area contributed by atoms with Crippen LogP contribution in [-0.2, 0) is 9.53 Å². The van der Waals surface area contributed by atoms with E-state index in [1.54, 1.807) is 20.1 Å². The van der Waals surface area contributed by atoms with Gasteiger partial charge in [0.2, 0.25) is 0 Å². The molecule has 1 aromatic heterocycles. The Morgan fingerprint density at radius 1 is 1.37 bits per heavy atom. The van der Waals surface area contributed by atoms with Crippen molar-refractivity contribution in [3.05, 3.63) is 58.2 Å². The molecule has 1 N–H and O–H groups in total. The molecule has 6 heteroatoms. The highest BCUT2D eigenvalue weighted by atomic mass is 19.1. The lowest BCUT2D eigenvalue weighted by Gasteiger charge is -2.17. The summed E-state index contributed by atoms with van der Waals surface area (Å²) in [6.45, 7) is 8.23. The molecule has 2 aromatic rings. The number of ether oxygens (including phenoxy) is 1. The number of aromatic nitrogens is 1. The van der Waals surface area contributed by atoms with Crippen molar-refractivity contribution in [2.45, 2.75) is 33.7 Å². The van der Waals surface area contributed by atoms with Gasteiger partial charge in [0.05, 0.1) is 12.6 Å². The summed E-state index contributed by atoms with van der Waals surface area (Å²) in [5.41, 5.74) is 3.83. The number of aryl methyl sites for hydroxylation is 2. The Morgan fingerprint density at radius 2 is 2.07 bits per heavy atom. The molecule has 27 heavy (non-hydrogen) atoms. The zero-order valence-corrected chi connectivity index (χ0v) is 16.3. The lowest BCUT2D eigenvalue weighted by Crippen LogP contribution is -2.15. The molecule has 0 saturated heterocycles. The molecular weight excluding hydrogens is 345 g/mol. The summed E-state index contributed by atoms with van der Waals surface area (Å²) >= 11 is 0. The molecule has 1 amide bonds. The molecule has 2 rings (SSSR count). The normalized spacial score (nSPS) is 12.6. The molecule has 0 aliphatic carbocycles. The quantitative estimate of drug-likeness (QED) is 0.610. The van der Waals surface area contributed by atoms with E-state index in [0.717, 1.165) is 17.0 Å². The fraction of sp³-hybridized carbons (Fsp3) is 0.333. The van der Waals surface area contributed by atoms with E-state index in [0.29, 0.717) is 17.9 Å². The van der Waals surface area contributed by atoms with Crippen LogP contribution < -0.4 is 5.32 Å². The van der Waals surface area contributed by atoms with Crippen molar-refractivity contribution in [3.8, 4) is 6.07 Å². The molecule has 0 spiro atoms. The smallest absolute Gasteiger partial charge is 0.266 e. The molecule has 1 atom stereocenters. The Kier molecular flexibility index (Phi) is 6.54. The summed E-state index contributed by atoms with van der Waals surface area (Å²) in [5, 5.41) is 12.1. The Balaban J connectivity index is 2.32. The van der Waals surface area contributed by atoms with Crippen LogP contribution in [-0.4, -0.2) is 24.2 Å². The first-order chi connectivity index (χ1) is 12.8. The van der Waals surface area contributed by atoms with E-state index < -0.39 is 5.91 Å². The van der Waals surface area contributed by atoms with Crippen molar-refractivity contribution >= 4 is 17.7 Å². The van der Waals surface area contributed by atoms with E-state index in [9.17, 15) is 14.4 Å². The molecule has 1 unspecified atom stereocenters. The van der Waals surface area contributed by atoms with Crippen LogP contribution in [0, 0.1) is 37.9 Å². The summed E-state index contributed by atoms with van der Waals surface area (Å²) in [6.07, 6.45) is 1.58. The van der Waals surface area contributed by atoms with Gasteiger partial charge in [0, 0.05) is 24.2 Å². The van der Waals surface area contributed by atoms with Crippen LogP contribution in [0.4, 0.5) is 10.1 Å². The monoisotopic (exact) mass is 369 g/mol. The first-order valence-corrected chi connectivity index (χ1v) is 8.65. The number of benzene rings is 1. The molecule has 5 nitrogen and oxygen atoms in total. The minimum absolute atomic E-state index is 0.0154. The number of anilines is 1. The van der Waals surface area contributed by atoms with Gasteiger partial charge in [-0.2, -0.15) is 5.26 Å². The molecule has 1 heterocycles. The number of carbonyl (C=O) groups is 1. The lowest BCUT2D eigenvalue weighted by atomic mass is 10.1. The van der Waals surface area contributed by atoms with Gasteiger partial charge in [-0.25, -0.2) is 4.39 Å². The van der Waals surface area contributed by atoms with Crippen LogP contribution in [0.5, 0.6) is 0 Å². The molecule has 0 aliphatic heterocycles. The number of carbonyl (C=O) groups excluding carboxylic acids is 1. The number of nitrogens with one attached hydrogen (secondary N) is 1. The first kappa shape index (κ1) is 20.4. The van der Waals surface area contributed by atoms with Gasteiger partial charge >= 0.3 is 0 Å². The fourth-order valence-electron chi connectivity index (χ4n) is 3.20. The van der Waals surface area contributed by atoms with Crippen molar-refractivity contribution < 1.29 is 13.9 Å². The number of hydrogen-bond donors (Lipinski definition) is 1. The van der Waals surface area contributed by atoms with Crippen molar-refractivity contribution in [2.24, 2.45) is 0 Å². The molecule has 0 saturated carbocycles. The predicted molar refractivity (Wildman–Crippen MR) is 104 cm³/mol. The van der Waals surface area contributed by atoms with Gasteiger partial charge in [-0.15, -0.1) is 0 Å². The third-order valence-electron chi connectivity index (χ3n) is 4.47. The number of nitriles is 1. The Hall–Kier alpha value is -2.91. The average molecular weight is 369 g/mol. The molecule has 1 aromatic carbocycles. The van der Waals surface area contributed by atoms with E-state index in [1.165, 1.54) is 18.2 Å². The molecular formula is C21H24FN3O2. The lowest BCUT2D eigenvalue weighted by molar-refractivity contribution is -0.112. The van der Waals surface area contributed by atoms with Gasteiger partial charge in [0.15, 0.2) is 0 Å². The second-order valence-corrected chi connectivity index (χ2v) is 6.58. The van der Waals surface area contributed by atoms with Crippen molar-refractivity contribution in [1.82, 2.24) is 4.57 Å². The Bertz CT molecular complexity index is 922. The largest absolute Gasteiger partial charge is 0.383 e. The van der Waals surface area contributed by atoms with Crippen LogP contribution >= 0.6 is 0 Å². The van der Waals surface area contributed by atoms with Crippen molar-refractivity contribution in [1.29, 1.82) is 5.26 Å². The minimum Gasteiger partial charge on any atom is -0.383 e. The van der Waals surface area contributed by atoms with E-state index >= 15 is 0 Å². The average Bonchev–Trinajstić information content (AvgIpc) is 2.88. The zero-order valence-electron chi connectivity index (χ0n) is 16.3. The van der Waals surface area contributed by atoms with E-state index in [1.807, 2.05) is 32.9 Å². The predicted octanol–water partition coefficient (Wildman–Crippen LogP) is 4.31. The van der Waals surface area contributed by atoms with Gasteiger partial charge < -0.3 is 14.6 Å². The molecule has 0 radical (unpaired) electrons. The molecule has 142 valence electrons. The highest BCUT2D eigenvalue weighted by Gasteiger charge is 2.16. The van der Waals surface area contributed by atoms with E-state index in [-0.39, 0.29) is 17.4 Å². The fourth-order valence-corrected chi connectivity index (χ4v) is 3.20. The summed E-state index contributed by atoms with van der Waals surface area (Å²) in [7, 11) is 1.65. The number of methoxy groups -OCH3 is 1. The number of hydrogen-bond acceptors (Lipinski definition) is 3. The highest BCUT2D eigenvalue weighted by Crippen LogP contribution is 2.23. The first-order valence-electron chi connectivity index (χ1n) is 8.65. The maximum atomic E-state index is 13.2. The Labute approximate surface area is 159 Å². The SMILES string of the molecule is COCC(C)n1c(C)cc(/C=C(\C#N)C(=O)Nc2ccc(F)cc2C)c1C. The maximum Gasteiger partial charge on any atom is 0.266 e. The van der Waals surface area contributed by atoms with Crippen molar-refractivity contribution in [3.63, 3.8) is 0 Å². The van der Waals surface area contributed by atoms with Crippen LogP contribution in [0.25, 0.3) is 6.08 Å². The number of halogens is 1. The highest BCUT2D eigenvalue weighted by molar-refractivity contribution is 6.10. The second kappa shape index (κ2) is 8.65. The summed E-state index contributed by atoms with van der Waals surface area (Å²) in [4.78, 5) is 12.5. The number of amides is 1. The molecule has 0 bridgehead atoms. The molecule has 0 fully saturated rings. The number of rotatable bonds is 6. The summed E-state index contributed by atoms with van der Waals surface area (Å²) in [6, 6.07) is 8.11. The van der Waals surface area contributed by atoms with Gasteiger partial charge in [0.25, 0.3) is 5.91 Å². The second-order valence-electron chi connectivity index (χ2n) is 6.58. The van der Waals surface area contributed by atoms with Crippen LogP contribution in [0.3, 0.4) is 0 Å². The third-order valence-corrected chi connectivity index (χ3v) is 4.47. The van der Waals surface area contributed by atoms with E-state index in [4.69, 9.17) is 4.74 Å². The minimum atomic E-state index is -0.526. The topological polar surface area (TPSA) is 67.0 Å². The van der Waals surface area contributed by atoms with Gasteiger partial charge in [-0.05, 0) is 69.2 Å². The molecule has 0 aliphatic rings. The van der Waals surface area contributed by atoms with Gasteiger partial charge in [-0.3, -0.25) is 4.79 Å². The van der Waals surface area contributed by atoms with Gasteiger partial charge in [0.1, 0.15) is 17.5 Å². The summed E-state index contributed by atoms with van der Waals surface area (Å²) < 4.78 is 20.6. The zero-order chi connectivity index (χ0) is 20.1. The van der Waals surface area contributed by atoms with Gasteiger partial charge in [-0.1, -0.05) is 0 Å². The van der Waals surface area contributed by atoms with Crippen LogP contribution in [0.1, 0.15) is 35.5 Å². The Morgan fingerprint density at radius 3 is 2.67 bits per heavy atom. The number of nitrogens with zero attached hydrogens (tertiary/aromatic N) is 2. The van der Waals surface area contributed by atoms with Crippen LogP contribution in [0.15, 0.2) is 29.8 Å². The summed E-state index contributed by atoms with van der Waals surface area (Å²) in [5.74, 6) is -0.902.